The molecule has 0 atom stereocenters. The van der Waals surface area contributed by atoms with Gasteiger partial charge in [-0.2, -0.15) is 0 Å². The van der Waals surface area contributed by atoms with Gasteiger partial charge in [0.1, 0.15) is 5.76 Å². The molecule has 2 heterocycles. The summed E-state index contributed by atoms with van der Waals surface area (Å²) in [6.45, 7) is 0.985. The molecular weight excluding hydrogens is 356 g/mol. The molecule has 0 unspecified atom stereocenters. The monoisotopic (exact) mass is 370 g/mol. The molecular formula is C18H14N2O5S. The molecule has 26 heavy (non-hydrogen) atoms. The number of aromatic nitrogens is 1. The lowest BCUT2D eigenvalue weighted by Gasteiger charge is -2.03. The fraction of sp³-hybridized carbons (Fsp3) is 0.111. The molecule has 0 spiro atoms. The maximum Gasteiger partial charge on any atom is 0.361 e. The summed E-state index contributed by atoms with van der Waals surface area (Å²) < 4.78 is 10.4. The van der Waals surface area contributed by atoms with Crippen molar-refractivity contribution in [2.75, 3.05) is 6.61 Å². The van der Waals surface area contributed by atoms with Crippen LogP contribution in [0.1, 0.15) is 25.9 Å². The van der Waals surface area contributed by atoms with Gasteiger partial charge in [0.25, 0.3) is 11.8 Å². The van der Waals surface area contributed by atoms with Gasteiger partial charge in [0.2, 0.25) is 5.89 Å². The SMILES string of the molecule is Cc1oc(-c2ccccc2)nc1C(=O)OCC(=O)NC(=O)c1cccs1. The number of esters is 1. The van der Waals surface area contributed by atoms with Gasteiger partial charge in [-0.25, -0.2) is 9.78 Å². The first-order valence-corrected chi connectivity index (χ1v) is 8.50. The van der Waals surface area contributed by atoms with Gasteiger partial charge in [0.15, 0.2) is 12.3 Å². The molecule has 3 aromatic rings. The number of nitrogens with one attached hydrogen (secondary N) is 1. The van der Waals surface area contributed by atoms with Gasteiger partial charge in [-0.1, -0.05) is 24.3 Å². The van der Waals surface area contributed by atoms with E-state index in [0.717, 1.165) is 0 Å². The van der Waals surface area contributed by atoms with E-state index in [4.69, 9.17) is 9.15 Å². The molecule has 0 saturated carbocycles. The zero-order chi connectivity index (χ0) is 18.5. The van der Waals surface area contributed by atoms with Crippen molar-refractivity contribution >= 4 is 29.1 Å². The van der Waals surface area contributed by atoms with Gasteiger partial charge in [-0.05, 0) is 30.5 Å². The van der Waals surface area contributed by atoms with E-state index in [0.29, 0.717) is 10.4 Å². The molecule has 0 bridgehead atoms. The molecule has 2 aromatic heterocycles. The Labute approximate surface area is 152 Å². The van der Waals surface area contributed by atoms with Gasteiger partial charge in [0.05, 0.1) is 4.88 Å². The van der Waals surface area contributed by atoms with E-state index in [1.165, 1.54) is 11.3 Å². The molecule has 1 aromatic carbocycles. The number of hydrogen-bond acceptors (Lipinski definition) is 7. The lowest BCUT2D eigenvalue weighted by molar-refractivity contribution is -0.123. The summed E-state index contributed by atoms with van der Waals surface area (Å²) in [5.41, 5.74) is 0.704. The lowest BCUT2D eigenvalue weighted by atomic mass is 10.2. The maximum absolute atomic E-state index is 12.1. The summed E-state index contributed by atoms with van der Waals surface area (Å²) in [4.78, 5) is 40.1. The van der Waals surface area contributed by atoms with Gasteiger partial charge in [-0.15, -0.1) is 11.3 Å². The Morgan fingerprint density at radius 3 is 2.62 bits per heavy atom. The first kappa shape index (κ1) is 17.6. The van der Waals surface area contributed by atoms with Crippen LogP contribution in [0.15, 0.2) is 52.3 Å². The summed E-state index contributed by atoms with van der Waals surface area (Å²) >= 11 is 1.20. The molecule has 0 fully saturated rings. The highest BCUT2D eigenvalue weighted by Crippen LogP contribution is 2.21. The Morgan fingerprint density at radius 1 is 1.15 bits per heavy atom. The minimum Gasteiger partial charge on any atom is -0.451 e. The third-order valence-electron chi connectivity index (χ3n) is 3.34. The molecule has 0 aliphatic carbocycles. The molecule has 0 aliphatic heterocycles. The number of carbonyl (C=O) groups is 3. The zero-order valence-electron chi connectivity index (χ0n) is 13.7. The third kappa shape index (κ3) is 4.04. The van der Waals surface area contributed by atoms with Crippen molar-refractivity contribution in [1.29, 1.82) is 0 Å². The van der Waals surface area contributed by atoms with Crippen molar-refractivity contribution in [3.63, 3.8) is 0 Å². The van der Waals surface area contributed by atoms with Crippen LogP contribution in [0.4, 0.5) is 0 Å². The predicted octanol–water partition coefficient (Wildman–Crippen LogP) is 2.82. The summed E-state index contributed by atoms with van der Waals surface area (Å²) in [5.74, 6) is -1.49. The van der Waals surface area contributed by atoms with E-state index in [9.17, 15) is 14.4 Å². The van der Waals surface area contributed by atoms with Gasteiger partial charge in [0, 0.05) is 5.56 Å². The molecule has 0 saturated heterocycles. The number of thiophene rings is 1. The zero-order valence-corrected chi connectivity index (χ0v) is 14.5. The van der Waals surface area contributed by atoms with Crippen molar-refractivity contribution in [2.45, 2.75) is 6.92 Å². The van der Waals surface area contributed by atoms with Crippen molar-refractivity contribution < 1.29 is 23.5 Å². The van der Waals surface area contributed by atoms with Crippen LogP contribution in [0, 0.1) is 6.92 Å². The molecule has 0 aliphatic rings. The largest absolute Gasteiger partial charge is 0.451 e. The van der Waals surface area contributed by atoms with Gasteiger partial charge in [-0.3, -0.25) is 14.9 Å². The Kier molecular flexibility index (Phi) is 5.23. The summed E-state index contributed by atoms with van der Waals surface area (Å²) in [6, 6.07) is 12.4. The number of aryl methyl sites for hydroxylation is 1. The molecule has 2 amide bonds. The second kappa shape index (κ2) is 7.75. The van der Waals surface area contributed by atoms with Crippen LogP contribution in [0.3, 0.4) is 0 Å². The maximum atomic E-state index is 12.1. The number of rotatable bonds is 5. The minimum absolute atomic E-state index is 0.0127. The van der Waals surface area contributed by atoms with Crippen LogP contribution in [0.5, 0.6) is 0 Å². The van der Waals surface area contributed by atoms with Crippen molar-refractivity contribution in [2.24, 2.45) is 0 Å². The van der Waals surface area contributed by atoms with E-state index in [-0.39, 0.29) is 17.3 Å². The number of hydrogen-bond donors (Lipinski definition) is 1. The van der Waals surface area contributed by atoms with E-state index >= 15 is 0 Å². The normalized spacial score (nSPS) is 10.3. The van der Waals surface area contributed by atoms with Crippen LogP contribution in [-0.2, 0) is 9.53 Å². The summed E-state index contributed by atoms with van der Waals surface area (Å²) in [6.07, 6.45) is 0. The lowest BCUT2D eigenvalue weighted by Crippen LogP contribution is -2.33. The first-order valence-electron chi connectivity index (χ1n) is 7.62. The smallest absolute Gasteiger partial charge is 0.361 e. The van der Waals surface area contributed by atoms with Crippen LogP contribution in [-0.4, -0.2) is 29.4 Å². The van der Waals surface area contributed by atoms with Gasteiger partial charge >= 0.3 is 5.97 Å². The number of oxazole rings is 1. The molecule has 132 valence electrons. The fourth-order valence-electron chi connectivity index (χ4n) is 2.12. The van der Waals surface area contributed by atoms with E-state index in [1.54, 1.807) is 36.6 Å². The second-order valence-electron chi connectivity index (χ2n) is 5.22. The number of amides is 2. The van der Waals surface area contributed by atoms with Crippen LogP contribution in [0.2, 0.25) is 0 Å². The Morgan fingerprint density at radius 2 is 1.92 bits per heavy atom. The minimum atomic E-state index is -0.799. The standard InChI is InChI=1S/C18H14N2O5S/c1-11-15(20-17(25-11)12-6-3-2-4-7-12)18(23)24-10-14(21)19-16(22)13-8-5-9-26-13/h2-9H,10H2,1H3,(H,19,21,22). The van der Waals surface area contributed by atoms with Crippen LogP contribution in [0.25, 0.3) is 11.5 Å². The molecule has 8 heteroatoms. The van der Waals surface area contributed by atoms with Crippen LogP contribution >= 0.6 is 11.3 Å². The molecule has 7 nitrogen and oxygen atoms in total. The Hall–Kier alpha value is -3.26. The third-order valence-corrected chi connectivity index (χ3v) is 4.21. The highest BCUT2D eigenvalue weighted by atomic mass is 32.1. The molecule has 1 N–H and O–H groups in total. The summed E-state index contributed by atoms with van der Waals surface area (Å²) in [7, 11) is 0. The van der Waals surface area contributed by atoms with Crippen molar-refractivity contribution in [3.05, 3.63) is 64.2 Å². The average Bonchev–Trinajstić information content (AvgIpc) is 3.30. The second-order valence-corrected chi connectivity index (χ2v) is 6.17. The molecule has 0 radical (unpaired) electrons. The molecule has 3 rings (SSSR count). The quantitative estimate of drug-likeness (QED) is 0.694. The van der Waals surface area contributed by atoms with E-state index in [1.807, 2.05) is 18.2 Å². The first-order chi connectivity index (χ1) is 12.5. The average molecular weight is 370 g/mol. The number of nitrogens with zero attached hydrogens (tertiary/aromatic N) is 1. The Balaban J connectivity index is 1.59. The van der Waals surface area contributed by atoms with E-state index in [2.05, 4.69) is 10.3 Å². The Bertz CT molecular complexity index is 932. The van der Waals surface area contributed by atoms with Crippen molar-refractivity contribution in [1.82, 2.24) is 10.3 Å². The predicted molar refractivity (Wildman–Crippen MR) is 93.8 cm³/mol. The summed E-state index contributed by atoms with van der Waals surface area (Å²) in [5, 5.41) is 3.87. The van der Waals surface area contributed by atoms with Crippen LogP contribution < -0.4 is 5.32 Å². The van der Waals surface area contributed by atoms with E-state index < -0.39 is 24.4 Å². The fourth-order valence-corrected chi connectivity index (χ4v) is 2.74. The highest BCUT2D eigenvalue weighted by Gasteiger charge is 2.21. The number of ether oxygens (including phenoxy) is 1. The van der Waals surface area contributed by atoms with Crippen molar-refractivity contribution in [3.8, 4) is 11.5 Å². The number of benzene rings is 1. The number of carbonyl (C=O) groups excluding carboxylic acids is 3. The van der Waals surface area contributed by atoms with Gasteiger partial charge < -0.3 is 9.15 Å². The number of imide groups is 1. The highest BCUT2D eigenvalue weighted by molar-refractivity contribution is 7.12. The topological polar surface area (TPSA) is 98.5 Å².